The van der Waals surface area contributed by atoms with Crippen LogP contribution in [0.5, 0.6) is 5.75 Å². The predicted octanol–water partition coefficient (Wildman–Crippen LogP) is 1.16. The molecular formula is C25H31N3O5. The molecule has 2 aliphatic rings. The van der Waals surface area contributed by atoms with E-state index in [1.54, 1.807) is 0 Å². The van der Waals surface area contributed by atoms with Crippen LogP contribution in [0.3, 0.4) is 0 Å². The fourth-order valence-electron chi connectivity index (χ4n) is 3.83. The van der Waals surface area contributed by atoms with E-state index in [2.05, 4.69) is 10.2 Å². The van der Waals surface area contributed by atoms with Gasteiger partial charge >= 0.3 is 0 Å². The number of para-hydroxylation sites is 1. The van der Waals surface area contributed by atoms with E-state index in [-0.39, 0.29) is 6.54 Å². The van der Waals surface area contributed by atoms with Crippen LogP contribution in [0.15, 0.2) is 54.6 Å². The lowest BCUT2D eigenvalue weighted by molar-refractivity contribution is -0.153. The lowest BCUT2D eigenvalue weighted by Crippen LogP contribution is -2.55. The van der Waals surface area contributed by atoms with Crippen molar-refractivity contribution >= 4 is 17.5 Å². The maximum absolute atomic E-state index is 12.6. The van der Waals surface area contributed by atoms with E-state index in [0.717, 1.165) is 17.0 Å². The highest BCUT2D eigenvalue weighted by Gasteiger charge is 2.34. The van der Waals surface area contributed by atoms with Crippen molar-refractivity contribution in [2.45, 2.75) is 31.6 Å². The first-order chi connectivity index (χ1) is 16.0. The van der Waals surface area contributed by atoms with Gasteiger partial charge in [0.25, 0.3) is 11.8 Å². The zero-order chi connectivity index (χ0) is 23.2. The van der Waals surface area contributed by atoms with E-state index in [4.69, 9.17) is 4.74 Å². The molecule has 0 unspecified atom stereocenters. The summed E-state index contributed by atoms with van der Waals surface area (Å²) in [5, 5.41) is 23.2. The largest absolute Gasteiger partial charge is 0.493 e. The lowest BCUT2D eigenvalue weighted by atomic mass is 10.1. The van der Waals surface area contributed by atoms with Crippen LogP contribution >= 0.6 is 0 Å². The Morgan fingerprint density at radius 2 is 1.70 bits per heavy atom. The molecule has 4 rings (SSSR count). The van der Waals surface area contributed by atoms with Crippen molar-refractivity contribution in [1.82, 2.24) is 10.2 Å². The second-order valence-corrected chi connectivity index (χ2v) is 8.66. The van der Waals surface area contributed by atoms with Crippen LogP contribution in [0, 0.1) is 5.92 Å². The maximum Gasteiger partial charge on any atom is 0.254 e. The normalized spacial score (nSPS) is 17.9. The molecule has 1 saturated heterocycles. The molecule has 0 spiro atoms. The molecule has 2 amide bonds. The van der Waals surface area contributed by atoms with Gasteiger partial charge in [0.05, 0.1) is 6.61 Å². The Bertz CT molecular complexity index is 942. The molecule has 176 valence electrons. The van der Waals surface area contributed by atoms with E-state index in [9.17, 15) is 19.8 Å². The fourth-order valence-corrected chi connectivity index (χ4v) is 3.83. The number of nitrogens with one attached hydrogen (secondary N) is 1. The number of hydrogen-bond acceptors (Lipinski definition) is 6. The average Bonchev–Trinajstić information content (AvgIpc) is 3.70. The summed E-state index contributed by atoms with van der Waals surface area (Å²) in [6.45, 7) is 2.91. The summed E-state index contributed by atoms with van der Waals surface area (Å²) in [6, 6.07) is 17.3. The van der Waals surface area contributed by atoms with Crippen molar-refractivity contribution in [3.05, 3.63) is 60.2 Å². The molecule has 0 radical (unpaired) electrons. The second kappa shape index (κ2) is 10.7. The van der Waals surface area contributed by atoms with Crippen LogP contribution < -0.4 is 15.0 Å². The van der Waals surface area contributed by atoms with Gasteiger partial charge in [0.1, 0.15) is 5.75 Å². The molecule has 3 N–H and O–H groups in total. The van der Waals surface area contributed by atoms with Gasteiger partial charge in [-0.1, -0.05) is 30.3 Å². The van der Waals surface area contributed by atoms with Crippen LogP contribution in [0.1, 0.15) is 18.4 Å². The standard InChI is InChI=1S/C25H31N3O5/c29-22(24(31)26-16-19-5-4-8-21(15-19)33-17-18-9-10-18)23(30)25(32)28-13-11-27(12-14-28)20-6-2-1-3-7-20/h1-8,15,18,22-23,29-30H,9-14,16-17H2,(H,26,31)/t22-,23-/m1/s1. The molecular weight excluding hydrogens is 422 g/mol. The molecule has 33 heavy (non-hydrogen) atoms. The number of aliphatic hydroxyl groups excluding tert-OH is 2. The summed E-state index contributed by atoms with van der Waals surface area (Å²) in [6.07, 6.45) is -1.23. The summed E-state index contributed by atoms with van der Waals surface area (Å²) in [5.41, 5.74) is 1.88. The Morgan fingerprint density at radius 3 is 2.39 bits per heavy atom. The topological polar surface area (TPSA) is 102 Å². The number of anilines is 1. The van der Waals surface area contributed by atoms with Crippen LogP contribution in [0.2, 0.25) is 0 Å². The number of amides is 2. The minimum atomic E-state index is -1.83. The molecule has 2 atom stereocenters. The van der Waals surface area contributed by atoms with Gasteiger partial charge in [-0.2, -0.15) is 0 Å². The average molecular weight is 454 g/mol. The van der Waals surface area contributed by atoms with Crippen molar-refractivity contribution in [3.8, 4) is 5.75 Å². The van der Waals surface area contributed by atoms with E-state index in [0.29, 0.717) is 38.7 Å². The van der Waals surface area contributed by atoms with E-state index >= 15 is 0 Å². The highest BCUT2D eigenvalue weighted by molar-refractivity contribution is 5.90. The zero-order valence-corrected chi connectivity index (χ0v) is 18.6. The zero-order valence-electron chi connectivity index (χ0n) is 18.6. The smallest absolute Gasteiger partial charge is 0.254 e. The molecule has 0 aromatic heterocycles. The molecule has 0 bridgehead atoms. The van der Waals surface area contributed by atoms with Gasteiger partial charge in [0.15, 0.2) is 12.2 Å². The van der Waals surface area contributed by atoms with Gasteiger partial charge in [-0.15, -0.1) is 0 Å². The number of carbonyl (C=O) groups is 2. The number of aliphatic hydroxyl groups is 2. The number of benzene rings is 2. The quantitative estimate of drug-likeness (QED) is 0.527. The number of piperazine rings is 1. The summed E-state index contributed by atoms with van der Waals surface area (Å²) >= 11 is 0. The van der Waals surface area contributed by atoms with Gasteiger partial charge in [0.2, 0.25) is 0 Å². The Morgan fingerprint density at radius 1 is 0.970 bits per heavy atom. The molecule has 8 nitrogen and oxygen atoms in total. The number of rotatable bonds is 9. The van der Waals surface area contributed by atoms with E-state index < -0.39 is 24.0 Å². The molecule has 2 aromatic carbocycles. The maximum atomic E-state index is 12.6. The molecule has 1 heterocycles. The van der Waals surface area contributed by atoms with Gasteiger partial charge in [-0.05, 0) is 48.6 Å². The van der Waals surface area contributed by atoms with Gasteiger partial charge < -0.3 is 30.1 Å². The van der Waals surface area contributed by atoms with Crippen LogP contribution in [0.4, 0.5) is 5.69 Å². The first-order valence-corrected chi connectivity index (χ1v) is 11.5. The number of nitrogens with zero attached hydrogens (tertiary/aromatic N) is 2. The van der Waals surface area contributed by atoms with Crippen molar-refractivity contribution in [2.24, 2.45) is 5.92 Å². The predicted molar refractivity (Wildman–Crippen MR) is 124 cm³/mol. The third-order valence-electron chi connectivity index (χ3n) is 6.08. The van der Waals surface area contributed by atoms with Crippen LogP contribution in [-0.4, -0.2) is 71.9 Å². The summed E-state index contributed by atoms with van der Waals surface area (Å²) < 4.78 is 5.74. The highest BCUT2D eigenvalue weighted by Crippen LogP contribution is 2.29. The SMILES string of the molecule is O=C(NCc1cccc(OCC2CC2)c1)[C@H](O)[C@@H](O)C(=O)N1CCN(c2ccccc2)CC1. The molecule has 2 aromatic rings. The number of hydrogen-bond donors (Lipinski definition) is 3. The van der Waals surface area contributed by atoms with Gasteiger partial charge in [-0.3, -0.25) is 9.59 Å². The fraction of sp³-hybridized carbons (Fsp3) is 0.440. The van der Waals surface area contributed by atoms with Crippen molar-refractivity contribution in [1.29, 1.82) is 0 Å². The molecule has 1 aliphatic carbocycles. The molecule has 2 fully saturated rings. The lowest BCUT2D eigenvalue weighted by Gasteiger charge is -2.37. The third-order valence-corrected chi connectivity index (χ3v) is 6.08. The summed E-state index contributed by atoms with van der Waals surface area (Å²) in [7, 11) is 0. The van der Waals surface area contributed by atoms with Gasteiger partial charge in [0, 0.05) is 38.4 Å². The van der Waals surface area contributed by atoms with Crippen molar-refractivity contribution in [2.75, 3.05) is 37.7 Å². The summed E-state index contributed by atoms with van der Waals surface area (Å²) in [5.74, 6) is -0.0493. The third kappa shape index (κ3) is 6.24. The van der Waals surface area contributed by atoms with Crippen molar-refractivity contribution in [3.63, 3.8) is 0 Å². The minimum absolute atomic E-state index is 0.160. The van der Waals surface area contributed by atoms with Crippen LogP contribution in [-0.2, 0) is 16.1 Å². The van der Waals surface area contributed by atoms with Gasteiger partial charge in [-0.25, -0.2) is 0 Å². The molecule has 8 heteroatoms. The Balaban J connectivity index is 1.23. The number of carbonyl (C=O) groups excluding carboxylic acids is 2. The minimum Gasteiger partial charge on any atom is -0.493 e. The molecule has 1 aliphatic heterocycles. The summed E-state index contributed by atoms with van der Waals surface area (Å²) in [4.78, 5) is 28.6. The Labute approximate surface area is 193 Å². The van der Waals surface area contributed by atoms with E-state index in [1.807, 2.05) is 54.6 Å². The van der Waals surface area contributed by atoms with Crippen LogP contribution in [0.25, 0.3) is 0 Å². The monoisotopic (exact) mass is 453 g/mol. The highest BCUT2D eigenvalue weighted by atomic mass is 16.5. The molecule has 1 saturated carbocycles. The first kappa shape index (κ1) is 23.1. The Hall–Kier alpha value is -3.10. The first-order valence-electron chi connectivity index (χ1n) is 11.5. The Kier molecular flexibility index (Phi) is 7.47. The van der Waals surface area contributed by atoms with E-state index in [1.165, 1.54) is 17.7 Å². The number of ether oxygens (including phenoxy) is 1. The second-order valence-electron chi connectivity index (χ2n) is 8.66. The van der Waals surface area contributed by atoms with Crippen molar-refractivity contribution < 1.29 is 24.5 Å².